The van der Waals surface area contributed by atoms with Crippen LogP contribution in [0.5, 0.6) is 0 Å². The highest BCUT2D eigenvalue weighted by molar-refractivity contribution is 5.77. The van der Waals surface area contributed by atoms with Gasteiger partial charge in [0.25, 0.3) is 5.79 Å². The number of aliphatic hydroxyl groups is 21. The molecule has 25 N–H and O–H groups in total. The van der Waals surface area contributed by atoms with E-state index in [1.807, 2.05) is 0 Å². The van der Waals surface area contributed by atoms with Gasteiger partial charge in [-0.15, -0.1) is 0 Å². The number of aliphatic carboxylic acids is 1. The van der Waals surface area contributed by atoms with E-state index in [2.05, 4.69) is 16.0 Å². The Kier molecular flexibility index (Phi) is 27.2. The van der Waals surface area contributed by atoms with Crippen molar-refractivity contribution in [2.75, 3.05) is 46.2 Å². The molecule has 0 radical (unpaired) electrons. The van der Waals surface area contributed by atoms with Crippen LogP contribution in [0.1, 0.15) is 27.2 Å². The molecule has 7 heterocycles. The highest BCUT2D eigenvalue weighted by atomic mass is 16.8. The third kappa shape index (κ3) is 17.0. The van der Waals surface area contributed by atoms with Crippen LogP contribution in [-0.4, -0.2) is 403 Å². The van der Waals surface area contributed by atoms with Crippen molar-refractivity contribution in [1.29, 1.82) is 0 Å². The summed E-state index contributed by atoms with van der Waals surface area (Å²) in [6.07, 6.45) is -67.5. The fraction of sp³-hybridized carbons (Fsp3) is 0.922. The Labute approximate surface area is 525 Å². The highest BCUT2D eigenvalue weighted by Gasteiger charge is 2.60. The summed E-state index contributed by atoms with van der Waals surface area (Å²) >= 11 is 0. The second-order valence-corrected chi connectivity index (χ2v) is 23.3. The first-order valence-corrected chi connectivity index (χ1v) is 29.2. The van der Waals surface area contributed by atoms with Crippen molar-refractivity contribution in [1.82, 2.24) is 16.0 Å². The van der Waals surface area contributed by atoms with Gasteiger partial charge in [0.1, 0.15) is 165 Å². The molecule has 7 saturated heterocycles. The first kappa shape index (κ1) is 76.9. The molecule has 538 valence electrons. The third-order valence-electron chi connectivity index (χ3n) is 16.7. The number of nitrogens with one attached hydrogen (secondary N) is 3. The van der Waals surface area contributed by atoms with E-state index in [-0.39, 0.29) is 0 Å². The van der Waals surface area contributed by atoms with Gasteiger partial charge in [-0.05, 0) is 0 Å². The second-order valence-electron chi connectivity index (χ2n) is 23.3. The number of aliphatic hydroxyl groups excluding tert-OH is 21. The van der Waals surface area contributed by atoms with Crippen LogP contribution in [0.3, 0.4) is 0 Å². The number of rotatable bonds is 25. The van der Waals surface area contributed by atoms with Crippen LogP contribution in [-0.2, 0) is 80.8 Å². The van der Waals surface area contributed by atoms with Gasteiger partial charge < -0.3 is 190 Å². The van der Waals surface area contributed by atoms with Crippen molar-refractivity contribution in [3.8, 4) is 0 Å². The van der Waals surface area contributed by atoms with E-state index in [1.165, 1.54) is 0 Å². The molecule has 42 heteroatoms. The third-order valence-corrected chi connectivity index (χ3v) is 16.7. The SMILES string of the molecule is CC(=O)N[C@@H]1[C@@H](O)[C@H](O[C@@H]2O[C@H](CO[C@H]3O[C@H](CO)[C@@H](O)[C@H](O)[C@@H]3O)[C@@H](O)[C@H](O[C@H]3O[C@H](CO)[C@@H](O)[C@H](O)[C@@H]3O[C@@H]3O[C@H](CO)[C@@H](O[C@@H]4O[C@H](CO[C@]5(C(=O)O)C[C@H](O)[C@@H](NC(C)=O)[C@H]([C@H](O)[C@H](O)CO)O5)[C@H](O)[C@H](O)[C@H]4O)[C@H](O)[C@H]3NC(C)=O)[C@@H]2O)[C@@H](CO)O[C@H]1O. The van der Waals surface area contributed by atoms with E-state index in [0.717, 1.165) is 20.8 Å². The van der Waals surface area contributed by atoms with Crippen LogP contribution in [0, 0.1) is 0 Å². The molecule has 0 aromatic rings. The number of hydrogen-bond donors (Lipinski definition) is 25. The summed E-state index contributed by atoms with van der Waals surface area (Å²) in [4.78, 5) is 49.9. The van der Waals surface area contributed by atoms with E-state index in [1.54, 1.807) is 0 Å². The molecule has 7 rings (SSSR count). The van der Waals surface area contributed by atoms with Crippen molar-refractivity contribution in [2.45, 2.75) is 248 Å². The van der Waals surface area contributed by atoms with Gasteiger partial charge in [0, 0.05) is 27.2 Å². The molecular formula is C51H85N3O39. The predicted octanol–water partition coefficient (Wildman–Crippen LogP) is -16.6. The summed E-state index contributed by atoms with van der Waals surface area (Å²) in [7, 11) is 0. The highest BCUT2D eigenvalue weighted by Crippen LogP contribution is 2.39. The molecule has 93 heavy (non-hydrogen) atoms. The lowest BCUT2D eigenvalue weighted by atomic mass is 9.88. The summed E-state index contributed by atoms with van der Waals surface area (Å²) in [5.74, 6) is -7.63. The number of amides is 3. The van der Waals surface area contributed by atoms with Gasteiger partial charge in [0.2, 0.25) is 17.7 Å². The topological polar surface area (TPSA) is 669 Å². The fourth-order valence-corrected chi connectivity index (χ4v) is 11.7. The van der Waals surface area contributed by atoms with Crippen LogP contribution in [0.4, 0.5) is 0 Å². The van der Waals surface area contributed by atoms with Crippen LogP contribution in [0.25, 0.3) is 0 Å². The number of ether oxygens (including phenoxy) is 13. The van der Waals surface area contributed by atoms with Gasteiger partial charge in [0.05, 0.1) is 58.4 Å². The summed E-state index contributed by atoms with van der Waals surface area (Å²) in [5.41, 5.74) is 0. The average Bonchev–Trinajstić information content (AvgIpc) is 0.835. The molecule has 36 atom stereocenters. The summed E-state index contributed by atoms with van der Waals surface area (Å²) in [5, 5.41) is 246. The number of carbonyl (C=O) groups excluding carboxylic acids is 3. The molecule has 0 spiro atoms. The Morgan fingerprint density at radius 3 is 1.41 bits per heavy atom. The minimum absolute atomic E-state index is 0.796. The van der Waals surface area contributed by atoms with Gasteiger partial charge in [0.15, 0.2) is 37.7 Å². The fourth-order valence-electron chi connectivity index (χ4n) is 11.7. The Morgan fingerprint density at radius 1 is 0.441 bits per heavy atom. The lowest BCUT2D eigenvalue weighted by molar-refractivity contribution is -0.396. The van der Waals surface area contributed by atoms with E-state index in [4.69, 9.17) is 61.6 Å². The molecule has 3 amide bonds. The van der Waals surface area contributed by atoms with E-state index >= 15 is 0 Å². The van der Waals surface area contributed by atoms with E-state index in [9.17, 15) is 132 Å². The molecule has 7 aliphatic heterocycles. The molecule has 0 unspecified atom stereocenters. The first-order chi connectivity index (χ1) is 43.8. The molecular weight excluding hydrogens is 1280 g/mol. The number of hydrogen-bond acceptors (Lipinski definition) is 38. The van der Waals surface area contributed by atoms with Gasteiger partial charge in [-0.3, -0.25) is 14.4 Å². The quantitative estimate of drug-likeness (QED) is 0.0404. The lowest BCUT2D eigenvalue weighted by Gasteiger charge is -2.51. The minimum Gasteiger partial charge on any atom is -0.477 e. The number of carbonyl (C=O) groups is 4. The Balaban J connectivity index is 1.14. The molecule has 42 nitrogen and oxygen atoms in total. The summed E-state index contributed by atoms with van der Waals surface area (Å²) in [6, 6.07) is -5.29. The van der Waals surface area contributed by atoms with Crippen LogP contribution in [0.2, 0.25) is 0 Å². The Bertz CT molecular complexity index is 2420. The maximum atomic E-state index is 12.9. The van der Waals surface area contributed by atoms with Crippen molar-refractivity contribution < 1.29 is 193 Å². The zero-order chi connectivity index (χ0) is 69.0. The van der Waals surface area contributed by atoms with Crippen molar-refractivity contribution in [3.63, 3.8) is 0 Å². The largest absolute Gasteiger partial charge is 0.477 e. The molecule has 0 aliphatic carbocycles. The molecule has 0 aromatic carbocycles. The normalized spacial score (nSPS) is 47.2. The monoisotopic (exact) mass is 1360 g/mol. The molecule has 0 bridgehead atoms. The van der Waals surface area contributed by atoms with Crippen molar-refractivity contribution in [3.05, 3.63) is 0 Å². The van der Waals surface area contributed by atoms with Gasteiger partial charge in [-0.25, -0.2) is 4.79 Å². The predicted molar refractivity (Wildman–Crippen MR) is 284 cm³/mol. The van der Waals surface area contributed by atoms with Crippen LogP contribution in [0.15, 0.2) is 0 Å². The minimum atomic E-state index is -3.03. The maximum Gasteiger partial charge on any atom is 0.364 e. The molecule has 0 aromatic heterocycles. The standard InChI is InChI=1S/C51H85N3O39/c1-12(60)52-23-15(63)4-51(50(79)80,93-41(23)26(65)16(64)5-55)82-11-22-29(68)34(73)37(76)47(88-22)89-40-20(9-59)86-45(25(32(40)71)54-14(3)62)92-43-35(74)28(67)18(7-57)85-49(43)91-42-30(69)21(10-81-46-36(75)33(72)27(66)17(6-56)84-46)87-48(38(42)77)90-39-19(8-58)83-44(78)24(31(39)70)53-13(2)61/h15-49,55-59,63-78H,4-11H2,1-3H3,(H,52,60)(H,53,61)(H,54,62)(H,79,80)/t15-,16+,17+,18+,19+,20+,21+,22+,23+,24+,25+,26+,27+,28+,29-,30+,31+,32+,33-,34-,35-,36-,37+,38-,39+,40+,41+,42-,43-,44+,45-,46-,47-,48-,49+,51+/m0/s1. The lowest BCUT2D eigenvalue weighted by Crippen LogP contribution is -2.70. The zero-order valence-electron chi connectivity index (χ0n) is 49.6. The van der Waals surface area contributed by atoms with Crippen LogP contribution < -0.4 is 16.0 Å². The van der Waals surface area contributed by atoms with Gasteiger partial charge >= 0.3 is 5.97 Å². The smallest absolute Gasteiger partial charge is 0.364 e. The molecule has 7 fully saturated rings. The number of carboxylic acid groups (broad SMARTS) is 1. The van der Waals surface area contributed by atoms with Crippen LogP contribution >= 0.6 is 0 Å². The van der Waals surface area contributed by atoms with Crippen molar-refractivity contribution in [2.24, 2.45) is 0 Å². The van der Waals surface area contributed by atoms with Gasteiger partial charge in [-0.1, -0.05) is 0 Å². The summed E-state index contributed by atoms with van der Waals surface area (Å²) < 4.78 is 74.8. The molecule has 7 aliphatic rings. The van der Waals surface area contributed by atoms with Crippen molar-refractivity contribution >= 4 is 23.7 Å². The van der Waals surface area contributed by atoms with E-state index in [0.29, 0.717) is 0 Å². The number of carboxylic acids is 1. The Morgan fingerprint density at radius 2 is 0.871 bits per heavy atom. The zero-order valence-corrected chi connectivity index (χ0v) is 49.6. The maximum absolute atomic E-state index is 12.9. The van der Waals surface area contributed by atoms with Gasteiger partial charge in [-0.2, -0.15) is 0 Å². The molecule has 0 saturated carbocycles. The first-order valence-electron chi connectivity index (χ1n) is 29.2. The average molecular weight is 1360 g/mol. The Hall–Kier alpha value is -3.48. The van der Waals surface area contributed by atoms with E-state index < -0.39 is 297 Å². The second kappa shape index (κ2) is 32.9. The summed E-state index contributed by atoms with van der Waals surface area (Å²) in [6.45, 7) is -4.59.